The van der Waals surface area contributed by atoms with Crippen molar-refractivity contribution in [3.63, 3.8) is 0 Å². The van der Waals surface area contributed by atoms with Crippen molar-refractivity contribution in [3.05, 3.63) is 29.8 Å². The molecule has 0 bridgehead atoms. The van der Waals surface area contributed by atoms with E-state index in [1.165, 1.54) is 10.5 Å². The standard InChI is InChI=1S/C16H27NOS/c1-5-6-14(17)15(11-18)19-13-9-7-12(8-10-13)16(2,3)4/h7-10,14-15,18H,5-6,11,17H2,1-4H3. The highest BCUT2D eigenvalue weighted by molar-refractivity contribution is 8.00. The maximum Gasteiger partial charge on any atom is 0.0568 e. The van der Waals surface area contributed by atoms with Crippen LogP contribution in [0.3, 0.4) is 0 Å². The highest BCUT2D eigenvalue weighted by Gasteiger charge is 2.18. The van der Waals surface area contributed by atoms with Gasteiger partial charge in [-0.05, 0) is 29.5 Å². The van der Waals surface area contributed by atoms with Crippen LogP contribution in [0.1, 0.15) is 46.1 Å². The number of hydrogen-bond acceptors (Lipinski definition) is 3. The van der Waals surface area contributed by atoms with E-state index in [0.717, 1.165) is 12.8 Å². The first-order chi connectivity index (χ1) is 8.88. The maximum atomic E-state index is 9.47. The quantitative estimate of drug-likeness (QED) is 0.784. The van der Waals surface area contributed by atoms with Gasteiger partial charge in [0.05, 0.1) is 6.61 Å². The lowest BCUT2D eigenvalue weighted by atomic mass is 9.87. The van der Waals surface area contributed by atoms with Crippen molar-refractivity contribution in [2.24, 2.45) is 5.73 Å². The molecule has 19 heavy (non-hydrogen) atoms. The molecule has 0 fully saturated rings. The smallest absolute Gasteiger partial charge is 0.0568 e. The Morgan fingerprint density at radius 1 is 1.21 bits per heavy atom. The number of aliphatic hydroxyl groups is 1. The molecule has 0 saturated carbocycles. The van der Waals surface area contributed by atoms with Gasteiger partial charge >= 0.3 is 0 Å². The SMILES string of the molecule is CCCC(N)C(CO)Sc1ccc(C(C)(C)C)cc1. The summed E-state index contributed by atoms with van der Waals surface area (Å²) < 4.78 is 0. The van der Waals surface area contributed by atoms with Crippen LogP contribution in [-0.2, 0) is 5.41 Å². The van der Waals surface area contributed by atoms with E-state index >= 15 is 0 Å². The minimum Gasteiger partial charge on any atom is -0.395 e. The lowest BCUT2D eigenvalue weighted by Gasteiger charge is -2.22. The second-order valence-electron chi connectivity index (χ2n) is 6.07. The first kappa shape index (κ1) is 16.5. The summed E-state index contributed by atoms with van der Waals surface area (Å²) in [5, 5.41) is 9.55. The molecule has 108 valence electrons. The zero-order valence-corrected chi connectivity index (χ0v) is 13.3. The van der Waals surface area contributed by atoms with Gasteiger partial charge in [0, 0.05) is 16.2 Å². The van der Waals surface area contributed by atoms with Crippen LogP contribution >= 0.6 is 11.8 Å². The van der Waals surface area contributed by atoms with Crippen LogP contribution in [0.4, 0.5) is 0 Å². The lowest BCUT2D eigenvalue weighted by molar-refractivity contribution is 0.279. The van der Waals surface area contributed by atoms with Crippen molar-refractivity contribution in [1.29, 1.82) is 0 Å². The summed E-state index contributed by atoms with van der Waals surface area (Å²) in [6, 6.07) is 8.66. The third-order valence-corrected chi connectivity index (χ3v) is 4.63. The Kier molecular flexibility index (Phi) is 6.37. The Morgan fingerprint density at radius 2 is 1.79 bits per heavy atom. The molecule has 0 aliphatic rings. The van der Waals surface area contributed by atoms with Crippen molar-refractivity contribution in [2.45, 2.75) is 62.1 Å². The Morgan fingerprint density at radius 3 is 2.21 bits per heavy atom. The molecule has 1 aromatic rings. The van der Waals surface area contributed by atoms with E-state index in [9.17, 15) is 5.11 Å². The first-order valence-electron chi connectivity index (χ1n) is 7.02. The van der Waals surface area contributed by atoms with Crippen molar-refractivity contribution in [3.8, 4) is 0 Å². The predicted molar refractivity (Wildman–Crippen MR) is 84.8 cm³/mol. The van der Waals surface area contributed by atoms with E-state index in [2.05, 4.69) is 52.0 Å². The van der Waals surface area contributed by atoms with Gasteiger partial charge in [0.25, 0.3) is 0 Å². The minimum absolute atomic E-state index is 0.0577. The van der Waals surface area contributed by atoms with Crippen molar-refractivity contribution in [2.75, 3.05) is 6.61 Å². The van der Waals surface area contributed by atoms with E-state index in [-0.39, 0.29) is 23.3 Å². The molecule has 0 radical (unpaired) electrons. The summed E-state index contributed by atoms with van der Waals surface area (Å²) in [5.74, 6) is 0. The third-order valence-electron chi connectivity index (χ3n) is 3.29. The molecule has 0 amide bonds. The van der Waals surface area contributed by atoms with Crippen LogP contribution in [0, 0.1) is 0 Å². The average molecular weight is 281 g/mol. The molecule has 2 atom stereocenters. The van der Waals surface area contributed by atoms with Gasteiger partial charge in [-0.1, -0.05) is 46.2 Å². The van der Waals surface area contributed by atoms with Gasteiger partial charge in [-0.2, -0.15) is 0 Å². The highest BCUT2D eigenvalue weighted by atomic mass is 32.2. The number of hydrogen-bond donors (Lipinski definition) is 2. The van der Waals surface area contributed by atoms with Gasteiger partial charge in [-0.25, -0.2) is 0 Å². The average Bonchev–Trinajstić information content (AvgIpc) is 2.35. The maximum absolute atomic E-state index is 9.47. The van der Waals surface area contributed by atoms with Crippen LogP contribution in [0.15, 0.2) is 29.2 Å². The topological polar surface area (TPSA) is 46.2 Å². The lowest BCUT2D eigenvalue weighted by Crippen LogP contribution is -2.34. The third kappa shape index (κ3) is 5.17. The largest absolute Gasteiger partial charge is 0.395 e. The van der Waals surface area contributed by atoms with E-state index in [1.54, 1.807) is 11.8 Å². The molecule has 0 heterocycles. The van der Waals surface area contributed by atoms with Gasteiger partial charge < -0.3 is 10.8 Å². The van der Waals surface area contributed by atoms with Crippen LogP contribution in [0.5, 0.6) is 0 Å². The van der Waals surface area contributed by atoms with E-state index in [4.69, 9.17) is 5.73 Å². The molecule has 2 unspecified atom stereocenters. The molecular weight excluding hydrogens is 254 g/mol. The molecular formula is C16H27NOS. The van der Waals surface area contributed by atoms with Gasteiger partial charge in [0.15, 0.2) is 0 Å². The van der Waals surface area contributed by atoms with Crippen LogP contribution in [-0.4, -0.2) is 23.0 Å². The predicted octanol–water partition coefficient (Wildman–Crippen LogP) is 3.56. The molecule has 0 aliphatic carbocycles. The normalized spacial score (nSPS) is 15.3. The minimum atomic E-state index is 0.0577. The zero-order chi connectivity index (χ0) is 14.5. The fourth-order valence-electron chi connectivity index (χ4n) is 1.99. The molecule has 1 aromatic carbocycles. The summed E-state index contributed by atoms with van der Waals surface area (Å²) in [6.07, 6.45) is 2.01. The first-order valence-corrected chi connectivity index (χ1v) is 7.90. The molecule has 2 nitrogen and oxygen atoms in total. The summed E-state index contributed by atoms with van der Waals surface area (Å²) >= 11 is 1.68. The summed E-state index contributed by atoms with van der Waals surface area (Å²) in [7, 11) is 0. The Bertz CT molecular complexity index is 369. The Balaban J connectivity index is 2.71. The number of benzene rings is 1. The van der Waals surface area contributed by atoms with Gasteiger partial charge in [0.2, 0.25) is 0 Å². The molecule has 0 spiro atoms. The van der Waals surface area contributed by atoms with E-state index in [1.807, 2.05) is 0 Å². The zero-order valence-electron chi connectivity index (χ0n) is 12.5. The number of rotatable bonds is 6. The fraction of sp³-hybridized carbons (Fsp3) is 0.625. The molecule has 0 aliphatic heterocycles. The van der Waals surface area contributed by atoms with E-state index < -0.39 is 0 Å². The summed E-state index contributed by atoms with van der Waals surface area (Å²) in [4.78, 5) is 1.18. The highest BCUT2D eigenvalue weighted by Crippen LogP contribution is 2.29. The second kappa shape index (κ2) is 7.32. The van der Waals surface area contributed by atoms with Gasteiger partial charge in [-0.3, -0.25) is 0 Å². The molecule has 0 saturated heterocycles. The number of aliphatic hydroxyl groups excluding tert-OH is 1. The van der Waals surface area contributed by atoms with Crippen LogP contribution < -0.4 is 5.73 Å². The molecule has 0 aromatic heterocycles. The van der Waals surface area contributed by atoms with Crippen molar-refractivity contribution < 1.29 is 5.11 Å². The van der Waals surface area contributed by atoms with Gasteiger partial charge in [-0.15, -0.1) is 11.8 Å². The summed E-state index contributed by atoms with van der Waals surface area (Å²) in [6.45, 7) is 8.89. The Hall–Kier alpha value is -0.510. The van der Waals surface area contributed by atoms with Crippen molar-refractivity contribution >= 4 is 11.8 Å². The number of nitrogens with two attached hydrogens (primary N) is 1. The Labute approximate surface area is 121 Å². The molecule has 1 rings (SSSR count). The molecule has 3 N–H and O–H groups in total. The van der Waals surface area contributed by atoms with E-state index in [0.29, 0.717) is 0 Å². The van der Waals surface area contributed by atoms with Crippen LogP contribution in [0.2, 0.25) is 0 Å². The fourth-order valence-corrected chi connectivity index (χ4v) is 3.02. The second-order valence-corrected chi connectivity index (χ2v) is 7.38. The van der Waals surface area contributed by atoms with Crippen LogP contribution in [0.25, 0.3) is 0 Å². The van der Waals surface area contributed by atoms with Crippen molar-refractivity contribution in [1.82, 2.24) is 0 Å². The molecule has 3 heteroatoms. The summed E-state index contributed by atoms with van der Waals surface area (Å²) in [5.41, 5.74) is 7.61. The number of thioether (sulfide) groups is 1. The monoisotopic (exact) mass is 281 g/mol. The van der Waals surface area contributed by atoms with Gasteiger partial charge in [0.1, 0.15) is 0 Å².